The minimum atomic E-state index is -3.39. The van der Waals surface area contributed by atoms with Crippen LogP contribution in [0, 0.1) is 5.92 Å². The van der Waals surface area contributed by atoms with Crippen molar-refractivity contribution in [2.75, 3.05) is 18.1 Å². The Morgan fingerprint density at radius 2 is 2.11 bits per heavy atom. The standard InChI is InChI=1S/C11H18N2O2S3/c12-7-10-11(3-6-17-10)18(14,15)13-8-9-1-4-16-5-2-9/h3,6,9,13H,1-2,4-5,7-8,12H2. The zero-order chi connectivity index (χ0) is 13.0. The highest BCUT2D eigenvalue weighted by Crippen LogP contribution is 2.24. The van der Waals surface area contributed by atoms with Crippen molar-refractivity contribution in [2.45, 2.75) is 24.3 Å². The molecule has 7 heteroatoms. The van der Waals surface area contributed by atoms with E-state index in [1.54, 1.807) is 11.4 Å². The molecule has 0 aliphatic carbocycles. The van der Waals surface area contributed by atoms with E-state index >= 15 is 0 Å². The van der Waals surface area contributed by atoms with Gasteiger partial charge >= 0.3 is 0 Å². The highest BCUT2D eigenvalue weighted by atomic mass is 32.2. The second-order valence-corrected chi connectivity index (χ2v) is 8.28. The number of sulfonamides is 1. The fourth-order valence-corrected chi connectivity index (χ4v) is 5.63. The van der Waals surface area contributed by atoms with Gasteiger partial charge in [0.1, 0.15) is 0 Å². The van der Waals surface area contributed by atoms with Crippen LogP contribution in [0.2, 0.25) is 0 Å². The summed E-state index contributed by atoms with van der Waals surface area (Å²) in [6, 6.07) is 1.63. The maximum absolute atomic E-state index is 12.2. The lowest BCUT2D eigenvalue weighted by molar-refractivity contribution is 0.476. The van der Waals surface area contributed by atoms with Crippen LogP contribution in [-0.4, -0.2) is 26.5 Å². The molecule has 1 aliphatic rings. The lowest BCUT2D eigenvalue weighted by Gasteiger charge is -2.21. The molecular formula is C11H18N2O2S3. The van der Waals surface area contributed by atoms with E-state index < -0.39 is 10.0 Å². The molecule has 3 N–H and O–H groups in total. The van der Waals surface area contributed by atoms with E-state index in [1.807, 2.05) is 11.8 Å². The molecule has 4 nitrogen and oxygen atoms in total. The van der Waals surface area contributed by atoms with Crippen molar-refractivity contribution >= 4 is 33.1 Å². The quantitative estimate of drug-likeness (QED) is 0.867. The Hall–Kier alpha value is -0.0800. The first-order valence-corrected chi connectivity index (χ1v) is 9.49. The van der Waals surface area contributed by atoms with Crippen molar-refractivity contribution in [3.8, 4) is 0 Å². The summed E-state index contributed by atoms with van der Waals surface area (Å²) >= 11 is 3.33. The van der Waals surface area contributed by atoms with Crippen molar-refractivity contribution in [3.63, 3.8) is 0 Å². The van der Waals surface area contributed by atoms with E-state index in [4.69, 9.17) is 5.73 Å². The second-order valence-electron chi connectivity index (χ2n) is 4.32. The predicted octanol–water partition coefficient (Wildman–Crippen LogP) is 1.63. The Kier molecular flexibility index (Phi) is 5.08. The molecule has 1 aromatic heterocycles. The Bertz CT molecular complexity index is 478. The van der Waals surface area contributed by atoms with E-state index in [1.165, 1.54) is 11.3 Å². The van der Waals surface area contributed by atoms with Crippen LogP contribution in [-0.2, 0) is 16.6 Å². The molecule has 1 aromatic rings. The summed E-state index contributed by atoms with van der Waals surface area (Å²) in [6.45, 7) is 0.816. The van der Waals surface area contributed by atoms with Crippen LogP contribution in [0.15, 0.2) is 16.3 Å². The van der Waals surface area contributed by atoms with Gasteiger partial charge in [-0.2, -0.15) is 11.8 Å². The SMILES string of the molecule is NCc1sccc1S(=O)(=O)NCC1CCSCC1. The maximum Gasteiger partial charge on any atom is 0.241 e. The number of nitrogens with two attached hydrogens (primary N) is 1. The van der Waals surface area contributed by atoms with Crippen molar-refractivity contribution in [3.05, 3.63) is 16.3 Å². The number of thioether (sulfide) groups is 1. The summed E-state index contributed by atoms with van der Waals surface area (Å²) in [5.74, 6) is 2.75. The van der Waals surface area contributed by atoms with E-state index in [9.17, 15) is 8.42 Å². The van der Waals surface area contributed by atoms with Crippen LogP contribution < -0.4 is 10.5 Å². The van der Waals surface area contributed by atoms with Gasteiger partial charge in [0.2, 0.25) is 10.0 Å². The zero-order valence-corrected chi connectivity index (χ0v) is 12.5. The van der Waals surface area contributed by atoms with E-state index in [-0.39, 0.29) is 6.54 Å². The summed E-state index contributed by atoms with van der Waals surface area (Å²) in [7, 11) is -3.39. The maximum atomic E-state index is 12.2. The molecule has 0 spiro atoms. The summed E-state index contributed by atoms with van der Waals surface area (Å²) in [6.07, 6.45) is 2.20. The monoisotopic (exact) mass is 306 g/mol. The fraction of sp³-hybridized carbons (Fsp3) is 0.636. The average molecular weight is 306 g/mol. The molecule has 0 saturated carbocycles. The first-order chi connectivity index (χ1) is 8.63. The largest absolute Gasteiger partial charge is 0.326 e. The van der Waals surface area contributed by atoms with Crippen LogP contribution in [0.25, 0.3) is 0 Å². The molecule has 1 aliphatic heterocycles. The van der Waals surface area contributed by atoms with Gasteiger partial charge in [-0.15, -0.1) is 11.3 Å². The van der Waals surface area contributed by atoms with Gasteiger partial charge in [-0.3, -0.25) is 0 Å². The summed E-state index contributed by atoms with van der Waals surface area (Å²) in [5.41, 5.74) is 5.55. The van der Waals surface area contributed by atoms with Crippen LogP contribution in [0.3, 0.4) is 0 Å². The Morgan fingerprint density at radius 1 is 1.39 bits per heavy atom. The first kappa shape index (κ1) is 14.3. The van der Waals surface area contributed by atoms with Crippen molar-refractivity contribution in [1.29, 1.82) is 0 Å². The third-order valence-corrected chi connectivity index (χ3v) is 6.71. The van der Waals surface area contributed by atoms with Crippen LogP contribution >= 0.6 is 23.1 Å². The number of hydrogen-bond acceptors (Lipinski definition) is 5. The van der Waals surface area contributed by atoms with Gasteiger partial charge in [0.05, 0.1) is 4.90 Å². The number of thiophene rings is 1. The molecule has 2 heterocycles. The molecule has 0 amide bonds. The van der Waals surface area contributed by atoms with Gasteiger partial charge < -0.3 is 5.73 Å². The molecule has 0 atom stereocenters. The summed E-state index contributed by atoms with van der Waals surface area (Å²) < 4.78 is 27.0. The van der Waals surface area contributed by atoms with Crippen molar-refractivity contribution < 1.29 is 8.42 Å². The molecular weight excluding hydrogens is 288 g/mol. The molecule has 1 fully saturated rings. The van der Waals surface area contributed by atoms with E-state index in [0.717, 1.165) is 29.2 Å². The van der Waals surface area contributed by atoms with Crippen LogP contribution in [0.1, 0.15) is 17.7 Å². The van der Waals surface area contributed by atoms with Gasteiger partial charge in [-0.25, -0.2) is 13.1 Å². The molecule has 0 aromatic carbocycles. The molecule has 0 unspecified atom stereocenters. The van der Waals surface area contributed by atoms with Gasteiger partial charge in [0.25, 0.3) is 0 Å². The van der Waals surface area contributed by atoms with Crippen LogP contribution in [0.4, 0.5) is 0 Å². The molecule has 102 valence electrons. The van der Waals surface area contributed by atoms with Gasteiger partial charge in [0, 0.05) is 18.0 Å². The predicted molar refractivity (Wildman–Crippen MR) is 77.4 cm³/mol. The highest BCUT2D eigenvalue weighted by molar-refractivity contribution is 7.99. The third kappa shape index (κ3) is 3.48. The lowest BCUT2D eigenvalue weighted by atomic mass is 10.0. The Morgan fingerprint density at radius 3 is 2.78 bits per heavy atom. The van der Waals surface area contributed by atoms with Crippen molar-refractivity contribution in [1.82, 2.24) is 4.72 Å². The van der Waals surface area contributed by atoms with Crippen LogP contribution in [0.5, 0.6) is 0 Å². The number of nitrogens with one attached hydrogen (secondary N) is 1. The molecule has 18 heavy (non-hydrogen) atoms. The van der Waals surface area contributed by atoms with Gasteiger partial charge in [0.15, 0.2) is 0 Å². The number of rotatable bonds is 5. The summed E-state index contributed by atoms with van der Waals surface area (Å²) in [5, 5.41) is 1.77. The number of hydrogen-bond donors (Lipinski definition) is 2. The van der Waals surface area contributed by atoms with Crippen molar-refractivity contribution in [2.24, 2.45) is 11.7 Å². The zero-order valence-electron chi connectivity index (χ0n) is 10.1. The summed E-state index contributed by atoms with van der Waals surface area (Å²) in [4.78, 5) is 1.07. The van der Waals surface area contributed by atoms with E-state index in [2.05, 4.69) is 4.72 Å². The average Bonchev–Trinajstić information content (AvgIpc) is 2.87. The lowest BCUT2D eigenvalue weighted by Crippen LogP contribution is -2.31. The minimum Gasteiger partial charge on any atom is -0.326 e. The Labute approximate surface area is 116 Å². The smallest absolute Gasteiger partial charge is 0.241 e. The topological polar surface area (TPSA) is 72.2 Å². The normalized spacial score (nSPS) is 18.1. The second kappa shape index (κ2) is 6.38. The van der Waals surface area contributed by atoms with Gasteiger partial charge in [-0.1, -0.05) is 0 Å². The fourth-order valence-electron chi connectivity index (χ4n) is 1.97. The molecule has 2 rings (SSSR count). The Balaban J connectivity index is 1.99. The van der Waals surface area contributed by atoms with Gasteiger partial charge in [-0.05, 0) is 41.7 Å². The van der Waals surface area contributed by atoms with E-state index in [0.29, 0.717) is 17.4 Å². The third-order valence-electron chi connectivity index (χ3n) is 3.08. The molecule has 0 radical (unpaired) electrons. The molecule has 1 saturated heterocycles. The molecule has 0 bridgehead atoms. The highest BCUT2D eigenvalue weighted by Gasteiger charge is 2.21. The minimum absolute atomic E-state index is 0.272. The first-order valence-electron chi connectivity index (χ1n) is 5.97.